The number of hydrogen-bond acceptors (Lipinski definition) is 2. The van der Waals surface area contributed by atoms with Gasteiger partial charge in [-0.2, -0.15) is 0 Å². The molecule has 1 saturated heterocycles. The fourth-order valence-corrected chi connectivity index (χ4v) is 2.14. The van der Waals surface area contributed by atoms with Crippen LogP contribution in [0, 0.1) is 5.92 Å². The molecule has 4 nitrogen and oxygen atoms in total. The van der Waals surface area contributed by atoms with Gasteiger partial charge < -0.3 is 10.2 Å². The van der Waals surface area contributed by atoms with E-state index in [2.05, 4.69) is 5.32 Å². The van der Waals surface area contributed by atoms with E-state index < -0.39 is 4.84 Å². The summed E-state index contributed by atoms with van der Waals surface area (Å²) in [6, 6.07) is 0.0700. The van der Waals surface area contributed by atoms with E-state index in [1.807, 2.05) is 18.7 Å². The molecule has 0 bridgehead atoms. The summed E-state index contributed by atoms with van der Waals surface area (Å²) in [4.78, 5) is 24.0. The molecule has 0 aromatic rings. The third-order valence-electron chi connectivity index (χ3n) is 2.98. The lowest BCUT2D eigenvalue weighted by Crippen LogP contribution is -2.47. The van der Waals surface area contributed by atoms with E-state index in [9.17, 15) is 9.59 Å². The maximum Gasteiger partial charge on any atom is 0.253 e. The van der Waals surface area contributed by atoms with Gasteiger partial charge in [0.25, 0.3) is 5.91 Å². The van der Waals surface area contributed by atoms with Gasteiger partial charge in [-0.15, -0.1) is 0 Å². The molecule has 1 aliphatic heterocycles. The van der Waals surface area contributed by atoms with Crippen LogP contribution in [-0.4, -0.2) is 40.7 Å². The molecule has 1 aliphatic rings. The second kappa shape index (κ2) is 7.19. The van der Waals surface area contributed by atoms with Gasteiger partial charge in [-0.1, -0.05) is 37.0 Å². The van der Waals surface area contributed by atoms with Gasteiger partial charge in [0.1, 0.15) is 0 Å². The zero-order valence-electron chi connectivity index (χ0n) is 10.8. The summed E-state index contributed by atoms with van der Waals surface area (Å²) in [5, 5.41) is 2.78. The summed E-state index contributed by atoms with van der Waals surface area (Å²) in [6.45, 7) is 5.44. The SMILES string of the molecule is CC(C)CC(=O)N1CCC(NC(=O)C(Cl)Cl)CC1. The van der Waals surface area contributed by atoms with Crippen molar-refractivity contribution in [1.82, 2.24) is 10.2 Å². The summed E-state index contributed by atoms with van der Waals surface area (Å²) >= 11 is 10.9. The number of hydrogen-bond donors (Lipinski definition) is 1. The van der Waals surface area contributed by atoms with Crippen molar-refractivity contribution in [2.75, 3.05) is 13.1 Å². The number of nitrogens with zero attached hydrogens (tertiary/aromatic N) is 1. The van der Waals surface area contributed by atoms with Crippen molar-refractivity contribution in [2.24, 2.45) is 5.92 Å². The van der Waals surface area contributed by atoms with Crippen LogP contribution in [-0.2, 0) is 9.59 Å². The molecule has 0 radical (unpaired) electrons. The van der Waals surface area contributed by atoms with Crippen molar-refractivity contribution in [1.29, 1.82) is 0 Å². The third kappa shape index (κ3) is 5.02. The van der Waals surface area contributed by atoms with E-state index in [0.29, 0.717) is 25.4 Å². The molecule has 0 spiro atoms. The first-order chi connectivity index (χ1) is 8.40. The van der Waals surface area contributed by atoms with Crippen LogP contribution >= 0.6 is 23.2 Å². The number of alkyl halides is 2. The highest BCUT2D eigenvalue weighted by atomic mass is 35.5. The molecule has 1 fully saturated rings. The Balaban J connectivity index is 2.32. The van der Waals surface area contributed by atoms with Gasteiger partial charge in [0.15, 0.2) is 4.84 Å². The summed E-state index contributed by atoms with van der Waals surface area (Å²) in [5.74, 6) is 0.218. The number of piperidine rings is 1. The number of carbonyl (C=O) groups is 2. The number of nitrogens with one attached hydrogen (secondary N) is 1. The van der Waals surface area contributed by atoms with Crippen molar-refractivity contribution >= 4 is 35.0 Å². The number of rotatable bonds is 4. The Morgan fingerprint density at radius 1 is 1.28 bits per heavy atom. The predicted molar refractivity (Wildman–Crippen MR) is 72.7 cm³/mol. The molecule has 0 saturated carbocycles. The maximum atomic E-state index is 11.8. The molecule has 0 aromatic heterocycles. The minimum absolute atomic E-state index is 0.0700. The summed E-state index contributed by atoms with van der Waals surface area (Å²) in [5.41, 5.74) is 0. The highest BCUT2D eigenvalue weighted by molar-refractivity contribution is 6.53. The first-order valence-electron chi connectivity index (χ1n) is 6.26. The molecule has 1 rings (SSSR count). The minimum atomic E-state index is -1.02. The molecule has 104 valence electrons. The molecule has 0 unspecified atom stereocenters. The Hall–Kier alpha value is -0.480. The summed E-state index contributed by atoms with van der Waals surface area (Å²) < 4.78 is 0. The lowest BCUT2D eigenvalue weighted by Gasteiger charge is -2.33. The van der Waals surface area contributed by atoms with Crippen LogP contribution in [0.5, 0.6) is 0 Å². The van der Waals surface area contributed by atoms with Crippen molar-refractivity contribution in [2.45, 2.75) is 44.0 Å². The van der Waals surface area contributed by atoms with Crippen LogP contribution in [0.15, 0.2) is 0 Å². The quantitative estimate of drug-likeness (QED) is 0.806. The first-order valence-corrected chi connectivity index (χ1v) is 7.13. The van der Waals surface area contributed by atoms with Crippen LogP contribution in [0.25, 0.3) is 0 Å². The molecular weight excluding hydrogens is 275 g/mol. The third-order valence-corrected chi connectivity index (χ3v) is 3.37. The van der Waals surface area contributed by atoms with Gasteiger partial charge in [0, 0.05) is 25.6 Å². The number of carbonyl (C=O) groups excluding carboxylic acids is 2. The second-order valence-electron chi connectivity index (χ2n) is 5.06. The zero-order chi connectivity index (χ0) is 13.7. The summed E-state index contributed by atoms with van der Waals surface area (Å²) in [7, 11) is 0. The van der Waals surface area contributed by atoms with Crippen LogP contribution in [0.3, 0.4) is 0 Å². The zero-order valence-corrected chi connectivity index (χ0v) is 12.3. The normalized spacial score (nSPS) is 17.3. The fourth-order valence-electron chi connectivity index (χ4n) is 2.02. The van der Waals surface area contributed by atoms with E-state index in [-0.39, 0.29) is 17.9 Å². The summed E-state index contributed by atoms with van der Waals surface area (Å²) in [6.07, 6.45) is 2.11. The van der Waals surface area contributed by atoms with E-state index >= 15 is 0 Å². The Labute approximate surface area is 118 Å². The molecule has 6 heteroatoms. The molecule has 1 heterocycles. The Morgan fingerprint density at radius 2 is 1.83 bits per heavy atom. The fraction of sp³-hybridized carbons (Fsp3) is 0.833. The van der Waals surface area contributed by atoms with Crippen LogP contribution < -0.4 is 5.32 Å². The molecular formula is C12H20Cl2N2O2. The van der Waals surface area contributed by atoms with E-state index in [1.165, 1.54) is 0 Å². The highest BCUT2D eigenvalue weighted by Gasteiger charge is 2.25. The predicted octanol–water partition coefficient (Wildman–Crippen LogP) is 1.94. The average molecular weight is 295 g/mol. The van der Waals surface area contributed by atoms with Crippen LogP contribution in [0.4, 0.5) is 0 Å². The molecule has 0 aromatic carbocycles. The highest BCUT2D eigenvalue weighted by Crippen LogP contribution is 2.14. The molecule has 1 N–H and O–H groups in total. The lowest BCUT2D eigenvalue weighted by molar-refractivity contribution is -0.133. The van der Waals surface area contributed by atoms with Gasteiger partial charge >= 0.3 is 0 Å². The van der Waals surface area contributed by atoms with Gasteiger partial charge in [-0.05, 0) is 18.8 Å². The van der Waals surface area contributed by atoms with Crippen LogP contribution in [0.2, 0.25) is 0 Å². The molecule has 2 amide bonds. The van der Waals surface area contributed by atoms with Crippen LogP contribution in [0.1, 0.15) is 33.1 Å². The monoisotopic (exact) mass is 294 g/mol. The number of amides is 2. The molecule has 0 aliphatic carbocycles. The van der Waals surface area contributed by atoms with Gasteiger partial charge in [-0.3, -0.25) is 9.59 Å². The topological polar surface area (TPSA) is 49.4 Å². The van der Waals surface area contributed by atoms with Gasteiger partial charge in [0.05, 0.1) is 0 Å². The number of halogens is 2. The first kappa shape index (κ1) is 15.6. The van der Waals surface area contributed by atoms with Crippen molar-refractivity contribution in [3.05, 3.63) is 0 Å². The average Bonchev–Trinajstić information content (AvgIpc) is 2.28. The second-order valence-corrected chi connectivity index (χ2v) is 6.16. The Morgan fingerprint density at radius 3 is 2.28 bits per heavy atom. The van der Waals surface area contributed by atoms with Gasteiger partial charge in [-0.25, -0.2) is 0 Å². The Kier molecular flexibility index (Phi) is 6.22. The van der Waals surface area contributed by atoms with E-state index in [0.717, 1.165) is 12.8 Å². The minimum Gasteiger partial charge on any atom is -0.351 e. The smallest absolute Gasteiger partial charge is 0.253 e. The van der Waals surface area contributed by atoms with Gasteiger partial charge in [0.2, 0.25) is 5.91 Å². The largest absolute Gasteiger partial charge is 0.351 e. The molecule has 18 heavy (non-hydrogen) atoms. The molecule has 0 atom stereocenters. The maximum absolute atomic E-state index is 11.8. The van der Waals surface area contributed by atoms with E-state index in [4.69, 9.17) is 23.2 Å². The number of likely N-dealkylation sites (tertiary alicyclic amines) is 1. The van der Waals surface area contributed by atoms with Crippen molar-refractivity contribution in [3.63, 3.8) is 0 Å². The van der Waals surface area contributed by atoms with Crippen molar-refractivity contribution in [3.8, 4) is 0 Å². The standard InChI is InChI=1S/C12H20Cl2N2O2/c1-8(2)7-10(17)16-5-3-9(4-6-16)15-12(18)11(13)14/h8-9,11H,3-7H2,1-2H3,(H,15,18). The van der Waals surface area contributed by atoms with E-state index in [1.54, 1.807) is 0 Å². The Bertz CT molecular complexity index is 300. The lowest BCUT2D eigenvalue weighted by atomic mass is 10.0. The van der Waals surface area contributed by atoms with Crippen molar-refractivity contribution < 1.29 is 9.59 Å².